The van der Waals surface area contributed by atoms with Gasteiger partial charge in [0.15, 0.2) is 5.84 Å². The summed E-state index contributed by atoms with van der Waals surface area (Å²) in [6.45, 7) is 1.94. The Hall–Kier alpha value is -1.66. The molecule has 2 rings (SSSR count). The lowest BCUT2D eigenvalue weighted by Crippen LogP contribution is -2.12. The number of nitrogens with zero attached hydrogens (tertiary/aromatic N) is 3. The van der Waals surface area contributed by atoms with Gasteiger partial charge in [0, 0.05) is 17.5 Å². The molecule has 100 valence electrons. The molecular weight excluding hydrogens is 284 g/mol. The van der Waals surface area contributed by atoms with Crippen LogP contribution in [0.1, 0.15) is 11.3 Å². The minimum Gasteiger partial charge on any atom is -0.409 e. The Morgan fingerprint density at radius 3 is 2.74 bits per heavy atom. The quantitative estimate of drug-likeness (QED) is 0.395. The van der Waals surface area contributed by atoms with Crippen LogP contribution in [0.5, 0.6) is 0 Å². The fourth-order valence-electron chi connectivity index (χ4n) is 1.60. The zero-order valence-corrected chi connectivity index (χ0v) is 12.0. The van der Waals surface area contributed by atoms with Crippen LogP contribution in [0, 0.1) is 6.92 Å². The number of amidine groups is 1. The number of hydrogen-bond acceptors (Lipinski definition) is 4. The van der Waals surface area contributed by atoms with Crippen molar-refractivity contribution in [1.82, 2.24) is 9.78 Å². The topological polar surface area (TPSA) is 76.4 Å². The van der Waals surface area contributed by atoms with E-state index in [1.807, 2.05) is 26.1 Å². The third kappa shape index (κ3) is 3.02. The number of aromatic nitrogens is 2. The van der Waals surface area contributed by atoms with Crippen molar-refractivity contribution in [3.05, 3.63) is 40.5 Å². The summed E-state index contributed by atoms with van der Waals surface area (Å²) in [6.07, 6.45) is 0. The van der Waals surface area contributed by atoms with E-state index >= 15 is 0 Å². The Morgan fingerprint density at radius 2 is 2.21 bits per heavy atom. The lowest BCUT2D eigenvalue weighted by molar-refractivity contribution is 0.318. The summed E-state index contributed by atoms with van der Waals surface area (Å²) in [5, 5.41) is 17.4. The molecule has 0 saturated heterocycles. The van der Waals surface area contributed by atoms with Gasteiger partial charge in [-0.15, -0.1) is 0 Å². The number of aryl methyl sites for hydroxylation is 2. The Balaban J connectivity index is 2.29. The van der Waals surface area contributed by atoms with Crippen LogP contribution >= 0.6 is 23.4 Å². The Morgan fingerprint density at radius 1 is 1.47 bits per heavy atom. The van der Waals surface area contributed by atoms with Crippen molar-refractivity contribution in [1.29, 1.82) is 0 Å². The van der Waals surface area contributed by atoms with Gasteiger partial charge in [-0.3, -0.25) is 4.68 Å². The lowest BCUT2D eigenvalue weighted by atomic mass is 10.2. The molecule has 0 saturated carbocycles. The molecule has 0 atom stereocenters. The molecule has 0 fully saturated rings. The maximum Gasteiger partial charge on any atom is 0.170 e. The second-order valence-corrected chi connectivity index (χ2v) is 5.45. The van der Waals surface area contributed by atoms with E-state index in [0.717, 1.165) is 15.6 Å². The molecule has 7 heteroatoms. The van der Waals surface area contributed by atoms with Gasteiger partial charge in [0.2, 0.25) is 0 Å². The van der Waals surface area contributed by atoms with Crippen LogP contribution in [0.25, 0.3) is 0 Å². The van der Waals surface area contributed by atoms with Crippen molar-refractivity contribution in [3.63, 3.8) is 0 Å². The van der Waals surface area contributed by atoms with Crippen LogP contribution in [0.15, 0.2) is 39.3 Å². The second-order valence-electron chi connectivity index (χ2n) is 3.98. The molecule has 3 N–H and O–H groups in total. The number of nitrogens with two attached hydrogens (primary N) is 1. The van der Waals surface area contributed by atoms with E-state index in [1.165, 1.54) is 11.8 Å². The average molecular weight is 297 g/mol. The van der Waals surface area contributed by atoms with Gasteiger partial charge >= 0.3 is 0 Å². The first-order valence-electron chi connectivity index (χ1n) is 5.47. The normalized spacial score (nSPS) is 11.8. The van der Waals surface area contributed by atoms with Crippen molar-refractivity contribution in [2.24, 2.45) is 17.9 Å². The van der Waals surface area contributed by atoms with Crippen LogP contribution in [0.2, 0.25) is 5.02 Å². The molecule has 1 heterocycles. The van der Waals surface area contributed by atoms with Gasteiger partial charge in [0.05, 0.1) is 15.7 Å². The zero-order valence-electron chi connectivity index (χ0n) is 10.5. The first-order valence-corrected chi connectivity index (χ1v) is 6.66. The number of halogens is 1. The molecule has 0 radical (unpaired) electrons. The molecule has 0 aliphatic heterocycles. The molecule has 0 aliphatic rings. The van der Waals surface area contributed by atoms with Gasteiger partial charge in [0.1, 0.15) is 0 Å². The fraction of sp³-hybridized carbons (Fsp3) is 0.167. The predicted octanol–water partition coefficient (Wildman–Crippen LogP) is 2.63. The van der Waals surface area contributed by atoms with Crippen molar-refractivity contribution in [2.45, 2.75) is 16.8 Å². The van der Waals surface area contributed by atoms with Gasteiger partial charge in [-0.05, 0) is 31.2 Å². The van der Waals surface area contributed by atoms with Crippen LogP contribution in [0.4, 0.5) is 0 Å². The average Bonchev–Trinajstić information content (AvgIpc) is 2.69. The van der Waals surface area contributed by atoms with E-state index in [4.69, 9.17) is 22.5 Å². The van der Waals surface area contributed by atoms with Crippen molar-refractivity contribution >= 4 is 29.2 Å². The summed E-state index contributed by atoms with van der Waals surface area (Å²) in [6, 6.07) is 7.25. The van der Waals surface area contributed by atoms with E-state index in [-0.39, 0.29) is 5.84 Å². The summed E-state index contributed by atoms with van der Waals surface area (Å²) >= 11 is 7.71. The van der Waals surface area contributed by atoms with Crippen molar-refractivity contribution < 1.29 is 5.21 Å². The molecule has 0 unspecified atom stereocenters. The van der Waals surface area contributed by atoms with E-state index in [0.29, 0.717) is 10.6 Å². The molecule has 0 spiro atoms. The van der Waals surface area contributed by atoms with Gasteiger partial charge in [-0.1, -0.05) is 28.5 Å². The number of rotatable bonds is 3. The fourth-order valence-corrected chi connectivity index (χ4v) is 2.81. The minimum absolute atomic E-state index is 0.0369. The molecule has 19 heavy (non-hydrogen) atoms. The van der Waals surface area contributed by atoms with E-state index in [2.05, 4.69) is 10.3 Å². The van der Waals surface area contributed by atoms with E-state index in [1.54, 1.807) is 16.8 Å². The van der Waals surface area contributed by atoms with E-state index in [9.17, 15) is 0 Å². The maximum atomic E-state index is 8.63. The standard InChI is InChI=1S/C12H13ClN4OS/c1-7-5-11(17(2)15-7)19-10-4-3-8(6-9(10)13)12(14)16-18/h3-6,18H,1-2H3,(H2,14,16). The summed E-state index contributed by atoms with van der Waals surface area (Å²) in [4.78, 5) is 0.888. The summed E-state index contributed by atoms with van der Waals surface area (Å²) < 4.78 is 1.80. The Bertz CT molecular complexity index is 639. The maximum absolute atomic E-state index is 8.63. The summed E-state index contributed by atoms with van der Waals surface area (Å²) in [7, 11) is 1.88. The van der Waals surface area contributed by atoms with Gasteiger partial charge in [-0.25, -0.2) is 0 Å². The zero-order chi connectivity index (χ0) is 14.0. The monoisotopic (exact) mass is 296 g/mol. The first kappa shape index (κ1) is 13.8. The third-order valence-corrected chi connectivity index (χ3v) is 4.10. The molecular formula is C12H13ClN4OS. The SMILES string of the molecule is Cc1cc(Sc2ccc(C(N)=NO)cc2Cl)n(C)n1. The van der Waals surface area contributed by atoms with Crippen LogP contribution in [-0.4, -0.2) is 20.8 Å². The highest BCUT2D eigenvalue weighted by molar-refractivity contribution is 7.99. The smallest absolute Gasteiger partial charge is 0.170 e. The molecule has 1 aromatic heterocycles. The van der Waals surface area contributed by atoms with Crippen LogP contribution in [0.3, 0.4) is 0 Å². The van der Waals surface area contributed by atoms with E-state index < -0.39 is 0 Å². The Kier molecular flexibility index (Phi) is 4.01. The lowest BCUT2D eigenvalue weighted by Gasteiger charge is -2.06. The number of benzene rings is 1. The molecule has 5 nitrogen and oxygen atoms in total. The van der Waals surface area contributed by atoms with Gasteiger partial charge in [0.25, 0.3) is 0 Å². The predicted molar refractivity (Wildman–Crippen MR) is 76.0 cm³/mol. The molecule has 1 aromatic carbocycles. The summed E-state index contributed by atoms with van der Waals surface area (Å²) in [5.74, 6) is 0.0369. The van der Waals surface area contributed by atoms with Crippen LogP contribution in [-0.2, 0) is 7.05 Å². The summed E-state index contributed by atoms with van der Waals surface area (Å²) in [5.41, 5.74) is 7.05. The van der Waals surface area contributed by atoms with Gasteiger partial charge in [-0.2, -0.15) is 5.10 Å². The second kappa shape index (κ2) is 5.54. The number of hydrogen-bond donors (Lipinski definition) is 2. The van der Waals surface area contributed by atoms with Gasteiger partial charge < -0.3 is 10.9 Å². The van der Waals surface area contributed by atoms with Crippen molar-refractivity contribution in [2.75, 3.05) is 0 Å². The largest absolute Gasteiger partial charge is 0.409 e. The molecule has 2 aromatic rings. The molecule has 0 aliphatic carbocycles. The highest BCUT2D eigenvalue weighted by atomic mass is 35.5. The molecule has 0 amide bonds. The Labute approximate surface area is 120 Å². The third-order valence-electron chi connectivity index (χ3n) is 2.51. The van der Waals surface area contributed by atoms with Crippen molar-refractivity contribution in [3.8, 4) is 0 Å². The highest BCUT2D eigenvalue weighted by Gasteiger charge is 2.09. The molecule has 0 bridgehead atoms. The first-order chi connectivity index (χ1) is 9.01. The van der Waals surface area contributed by atoms with Crippen LogP contribution < -0.4 is 5.73 Å². The highest BCUT2D eigenvalue weighted by Crippen LogP contribution is 2.33. The number of oxime groups is 1. The minimum atomic E-state index is 0.0369.